The highest BCUT2D eigenvalue weighted by molar-refractivity contribution is 7.98. The van der Waals surface area contributed by atoms with E-state index in [9.17, 15) is 0 Å². The highest BCUT2D eigenvalue weighted by Crippen LogP contribution is 2.27. The molecule has 4 nitrogen and oxygen atoms in total. The van der Waals surface area contributed by atoms with Crippen LogP contribution in [0.2, 0.25) is 10.0 Å². The molecule has 0 fully saturated rings. The van der Waals surface area contributed by atoms with Crippen LogP contribution < -0.4 is 4.74 Å². The molecule has 136 valence electrons. The van der Waals surface area contributed by atoms with Crippen molar-refractivity contribution in [3.63, 3.8) is 0 Å². The average Bonchev–Trinajstić information content (AvgIpc) is 3.11. The zero-order valence-corrected chi connectivity index (χ0v) is 16.6. The fraction of sp³-hybridized carbons (Fsp3) is 0.263. The van der Waals surface area contributed by atoms with Crippen molar-refractivity contribution in [3.8, 4) is 5.75 Å². The minimum atomic E-state index is 0.550. The van der Waals surface area contributed by atoms with Crippen molar-refractivity contribution in [2.45, 2.75) is 30.2 Å². The third-order valence-corrected chi connectivity index (χ3v) is 5.44. The second-order valence-electron chi connectivity index (χ2n) is 5.70. The summed E-state index contributed by atoms with van der Waals surface area (Å²) in [5.74, 6) is 2.23. The molecule has 0 saturated carbocycles. The van der Waals surface area contributed by atoms with E-state index in [0.717, 1.165) is 30.6 Å². The zero-order chi connectivity index (χ0) is 18.4. The topological polar surface area (TPSA) is 48.2 Å². The molecule has 0 bridgehead atoms. The van der Waals surface area contributed by atoms with Crippen LogP contribution in [0.3, 0.4) is 0 Å². The Bertz CT molecular complexity index is 853. The SMILES string of the molecule is COc1ccc(CCCc2nnc(SCc3ccc(Cl)c(Cl)c3)o2)cc1. The molecule has 0 aliphatic heterocycles. The first-order valence-electron chi connectivity index (χ1n) is 8.16. The lowest BCUT2D eigenvalue weighted by Crippen LogP contribution is -1.91. The summed E-state index contributed by atoms with van der Waals surface area (Å²) in [5.41, 5.74) is 2.32. The largest absolute Gasteiger partial charge is 0.497 e. The van der Waals surface area contributed by atoms with Crippen molar-refractivity contribution >= 4 is 35.0 Å². The van der Waals surface area contributed by atoms with Crippen LogP contribution in [0, 0.1) is 0 Å². The van der Waals surface area contributed by atoms with Gasteiger partial charge in [0.1, 0.15) is 5.75 Å². The minimum absolute atomic E-state index is 0.550. The van der Waals surface area contributed by atoms with E-state index in [1.54, 1.807) is 13.2 Å². The van der Waals surface area contributed by atoms with Crippen LogP contribution in [0.1, 0.15) is 23.4 Å². The number of nitrogens with zero attached hydrogens (tertiary/aromatic N) is 2. The second kappa shape index (κ2) is 9.31. The first-order valence-corrected chi connectivity index (χ1v) is 9.90. The normalized spacial score (nSPS) is 10.9. The maximum Gasteiger partial charge on any atom is 0.276 e. The quantitative estimate of drug-likeness (QED) is 0.437. The van der Waals surface area contributed by atoms with Crippen LogP contribution >= 0.6 is 35.0 Å². The molecule has 3 rings (SSSR count). The summed E-state index contributed by atoms with van der Waals surface area (Å²) in [6, 6.07) is 13.7. The van der Waals surface area contributed by atoms with Gasteiger partial charge in [-0.25, -0.2) is 0 Å². The first-order chi connectivity index (χ1) is 12.6. The van der Waals surface area contributed by atoms with E-state index in [0.29, 0.717) is 26.9 Å². The van der Waals surface area contributed by atoms with Crippen LogP contribution in [0.4, 0.5) is 0 Å². The monoisotopic (exact) mass is 408 g/mol. The van der Waals surface area contributed by atoms with Gasteiger partial charge in [0, 0.05) is 12.2 Å². The molecular formula is C19H18Cl2N2O2S. The molecule has 0 amide bonds. The summed E-state index contributed by atoms with van der Waals surface area (Å²) >= 11 is 13.4. The van der Waals surface area contributed by atoms with Gasteiger partial charge >= 0.3 is 0 Å². The third-order valence-electron chi connectivity index (χ3n) is 3.81. The number of methoxy groups -OCH3 is 1. The number of aryl methyl sites for hydroxylation is 2. The van der Waals surface area contributed by atoms with Gasteiger partial charge in [-0.3, -0.25) is 0 Å². The van der Waals surface area contributed by atoms with Crippen LogP contribution in [0.25, 0.3) is 0 Å². The molecule has 0 atom stereocenters. The summed E-state index contributed by atoms with van der Waals surface area (Å²) in [4.78, 5) is 0. The fourth-order valence-electron chi connectivity index (χ4n) is 2.41. The highest BCUT2D eigenvalue weighted by Gasteiger charge is 2.08. The summed E-state index contributed by atoms with van der Waals surface area (Å²) in [6.07, 6.45) is 2.66. The van der Waals surface area contributed by atoms with Gasteiger partial charge in [0.25, 0.3) is 5.22 Å². The first kappa shape index (κ1) is 19.1. The number of rotatable bonds is 8. The van der Waals surface area contributed by atoms with E-state index in [2.05, 4.69) is 22.3 Å². The lowest BCUT2D eigenvalue weighted by molar-refractivity contribution is 0.409. The average molecular weight is 409 g/mol. The summed E-state index contributed by atoms with van der Waals surface area (Å²) in [6.45, 7) is 0. The van der Waals surface area contributed by atoms with Gasteiger partial charge in [0.15, 0.2) is 0 Å². The standard InChI is InChI=1S/C19H18Cl2N2O2S/c1-24-15-8-5-13(6-9-15)3-2-4-18-22-23-19(25-18)26-12-14-7-10-16(20)17(21)11-14/h5-11H,2-4,12H2,1H3. The van der Waals surface area contributed by atoms with E-state index in [4.69, 9.17) is 32.4 Å². The molecule has 1 aromatic heterocycles. The zero-order valence-electron chi connectivity index (χ0n) is 14.2. The molecule has 0 aliphatic carbocycles. The van der Waals surface area contributed by atoms with Gasteiger partial charge in [-0.2, -0.15) is 0 Å². The molecule has 0 N–H and O–H groups in total. The molecule has 2 aromatic carbocycles. The van der Waals surface area contributed by atoms with Gasteiger partial charge in [-0.05, 0) is 48.2 Å². The van der Waals surface area contributed by atoms with Gasteiger partial charge < -0.3 is 9.15 Å². The van der Waals surface area contributed by atoms with Crippen molar-refractivity contribution in [3.05, 3.63) is 69.5 Å². The smallest absolute Gasteiger partial charge is 0.276 e. The molecule has 0 radical (unpaired) electrons. The molecule has 1 heterocycles. The van der Waals surface area contributed by atoms with Crippen molar-refractivity contribution in [2.75, 3.05) is 7.11 Å². The molecule has 0 unspecified atom stereocenters. The number of hydrogen-bond acceptors (Lipinski definition) is 5. The Labute approximate surface area is 166 Å². The summed E-state index contributed by atoms with van der Waals surface area (Å²) < 4.78 is 10.9. The fourth-order valence-corrected chi connectivity index (χ4v) is 3.45. The molecule has 0 spiro atoms. The number of ether oxygens (including phenoxy) is 1. The molecule has 0 saturated heterocycles. The summed E-state index contributed by atoms with van der Waals surface area (Å²) in [5, 5.41) is 9.87. The maximum atomic E-state index is 6.02. The molecule has 3 aromatic rings. The third kappa shape index (κ3) is 5.40. The molecule has 26 heavy (non-hydrogen) atoms. The van der Waals surface area contributed by atoms with Gasteiger partial charge in [0.05, 0.1) is 17.2 Å². The van der Waals surface area contributed by atoms with Gasteiger partial charge in [-0.1, -0.05) is 53.2 Å². The van der Waals surface area contributed by atoms with E-state index < -0.39 is 0 Å². The number of hydrogen-bond donors (Lipinski definition) is 0. The van der Waals surface area contributed by atoms with Crippen LogP contribution in [-0.2, 0) is 18.6 Å². The van der Waals surface area contributed by atoms with Crippen molar-refractivity contribution < 1.29 is 9.15 Å². The number of aromatic nitrogens is 2. The van der Waals surface area contributed by atoms with Crippen molar-refractivity contribution in [1.82, 2.24) is 10.2 Å². The van der Waals surface area contributed by atoms with E-state index in [1.165, 1.54) is 17.3 Å². The van der Waals surface area contributed by atoms with Crippen molar-refractivity contribution in [1.29, 1.82) is 0 Å². The van der Waals surface area contributed by atoms with E-state index >= 15 is 0 Å². The Hall–Kier alpha value is -1.69. The van der Waals surface area contributed by atoms with Gasteiger partial charge in [0.2, 0.25) is 5.89 Å². The van der Waals surface area contributed by atoms with Crippen LogP contribution in [0.15, 0.2) is 52.1 Å². The molecular weight excluding hydrogens is 391 g/mol. The lowest BCUT2D eigenvalue weighted by Gasteiger charge is -2.02. The number of benzene rings is 2. The number of halogens is 2. The Kier molecular flexibility index (Phi) is 6.83. The lowest BCUT2D eigenvalue weighted by atomic mass is 10.1. The van der Waals surface area contributed by atoms with Crippen LogP contribution in [-0.4, -0.2) is 17.3 Å². The predicted octanol–water partition coefficient (Wildman–Crippen LogP) is 5.85. The Morgan fingerprint density at radius 3 is 2.46 bits per heavy atom. The Balaban J connectivity index is 1.45. The van der Waals surface area contributed by atoms with Gasteiger partial charge in [-0.15, -0.1) is 10.2 Å². The van der Waals surface area contributed by atoms with E-state index in [-0.39, 0.29) is 0 Å². The van der Waals surface area contributed by atoms with E-state index in [1.807, 2.05) is 24.3 Å². The minimum Gasteiger partial charge on any atom is -0.497 e. The second-order valence-corrected chi connectivity index (χ2v) is 7.44. The Morgan fingerprint density at radius 2 is 1.73 bits per heavy atom. The maximum absolute atomic E-state index is 6.02. The van der Waals surface area contributed by atoms with Crippen molar-refractivity contribution in [2.24, 2.45) is 0 Å². The predicted molar refractivity (Wildman–Crippen MR) is 105 cm³/mol. The number of thioether (sulfide) groups is 1. The Morgan fingerprint density at radius 1 is 0.962 bits per heavy atom. The summed E-state index contributed by atoms with van der Waals surface area (Å²) in [7, 11) is 1.67. The molecule has 7 heteroatoms. The van der Waals surface area contributed by atoms with Crippen LogP contribution in [0.5, 0.6) is 5.75 Å². The molecule has 0 aliphatic rings. The highest BCUT2D eigenvalue weighted by atomic mass is 35.5.